The summed E-state index contributed by atoms with van der Waals surface area (Å²) in [5.41, 5.74) is -1.09. The zero-order chi connectivity index (χ0) is 14.8. The number of nitro groups is 1. The Balaban J connectivity index is 2.07. The van der Waals surface area contributed by atoms with E-state index in [1.165, 1.54) is 10.9 Å². The molecule has 0 radical (unpaired) electrons. The summed E-state index contributed by atoms with van der Waals surface area (Å²) in [7, 11) is 0. The van der Waals surface area contributed by atoms with Gasteiger partial charge >= 0.3 is 5.69 Å². The topological polar surface area (TPSA) is 102 Å². The molecule has 0 spiro atoms. The molecule has 1 amide bonds. The fourth-order valence-corrected chi connectivity index (χ4v) is 2.15. The van der Waals surface area contributed by atoms with E-state index in [1.807, 2.05) is 0 Å². The Kier molecular flexibility index (Phi) is 4.03. The van der Waals surface area contributed by atoms with Crippen LogP contribution in [0.2, 0.25) is 0 Å². The monoisotopic (exact) mass is 281 g/mol. The highest BCUT2D eigenvalue weighted by molar-refractivity contribution is 5.83. The summed E-state index contributed by atoms with van der Waals surface area (Å²) in [6, 6.07) is 0.0982. The third kappa shape index (κ3) is 2.96. The Bertz CT molecular complexity index is 505. The molecule has 1 aromatic rings. The van der Waals surface area contributed by atoms with Gasteiger partial charge in [0.25, 0.3) is 0 Å². The summed E-state index contributed by atoms with van der Waals surface area (Å²) >= 11 is 0. The highest BCUT2D eigenvalue weighted by Crippen LogP contribution is 2.19. The Morgan fingerprint density at radius 1 is 1.65 bits per heavy atom. The number of hydrogen-bond acceptors (Lipinski definition) is 5. The predicted molar refractivity (Wildman–Crippen MR) is 72.2 cm³/mol. The normalized spacial score (nSPS) is 19.6. The second-order valence-corrected chi connectivity index (χ2v) is 5.48. The van der Waals surface area contributed by atoms with Crippen molar-refractivity contribution >= 4 is 11.6 Å². The van der Waals surface area contributed by atoms with Crippen molar-refractivity contribution in [1.29, 1.82) is 0 Å². The van der Waals surface area contributed by atoms with Crippen LogP contribution < -0.4 is 10.6 Å². The number of amides is 1. The molecule has 20 heavy (non-hydrogen) atoms. The molecule has 1 atom stereocenters. The van der Waals surface area contributed by atoms with Gasteiger partial charge in [-0.2, -0.15) is 5.10 Å². The van der Waals surface area contributed by atoms with E-state index in [0.717, 1.165) is 32.1 Å². The Morgan fingerprint density at radius 3 is 2.95 bits per heavy atom. The lowest BCUT2D eigenvalue weighted by molar-refractivity contribution is -0.385. The summed E-state index contributed by atoms with van der Waals surface area (Å²) < 4.78 is 1.33. The number of nitrogens with zero attached hydrogens (tertiary/aromatic N) is 3. The molecule has 0 saturated carbocycles. The number of carbonyl (C=O) groups is 1. The average Bonchev–Trinajstić information content (AvgIpc) is 2.90. The summed E-state index contributed by atoms with van der Waals surface area (Å²) in [5, 5.41) is 20.8. The fourth-order valence-electron chi connectivity index (χ4n) is 2.15. The minimum Gasteiger partial charge on any atom is -0.350 e. The highest BCUT2D eigenvalue weighted by Gasteiger charge is 2.33. The largest absolute Gasteiger partial charge is 0.350 e. The SMILES string of the molecule is CC(C)(C(=O)NC1CCCNC1)n1cc([N+](=O)[O-])cn1. The lowest BCUT2D eigenvalue weighted by Gasteiger charge is -2.29. The van der Waals surface area contributed by atoms with E-state index in [4.69, 9.17) is 0 Å². The molecule has 8 nitrogen and oxygen atoms in total. The molecule has 2 N–H and O–H groups in total. The first-order valence-corrected chi connectivity index (χ1v) is 6.62. The first-order chi connectivity index (χ1) is 9.41. The van der Waals surface area contributed by atoms with E-state index in [9.17, 15) is 14.9 Å². The number of carbonyl (C=O) groups excluding carboxylic acids is 1. The van der Waals surface area contributed by atoms with Crippen LogP contribution in [-0.4, -0.2) is 39.7 Å². The minimum absolute atomic E-state index is 0.0982. The van der Waals surface area contributed by atoms with E-state index < -0.39 is 10.5 Å². The van der Waals surface area contributed by atoms with Crippen LogP contribution in [0.1, 0.15) is 26.7 Å². The number of nitrogens with one attached hydrogen (secondary N) is 2. The molecule has 2 heterocycles. The Labute approximate surface area is 116 Å². The maximum Gasteiger partial charge on any atom is 0.307 e. The highest BCUT2D eigenvalue weighted by atomic mass is 16.6. The fraction of sp³-hybridized carbons (Fsp3) is 0.667. The molecule has 1 unspecified atom stereocenters. The molecule has 1 aliphatic rings. The van der Waals surface area contributed by atoms with Gasteiger partial charge in [0.05, 0.1) is 4.92 Å². The van der Waals surface area contributed by atoms with Gasteiger partial charge in [-0.1, -0.05) is 0 Å². The molecular weight excluding hydrogens is 262 g/mol. The third-order valence-corrected chi connectivity index (χ3v) is 3.54. The van der Waals surface area contributed by atoms with E-state index in [2.05, 4.69) is 15.7 Å². The summed E-state index contributed by atoms with van der Waals surface area (Å²) in [5.74, 6) is -0.191. The molecular formula is C12H19N5O3. The lowest BCUT2D eigenvalue weighted by atomic mass is 10.0. The average molecular weight is 281 g/mol. The zero-order valence-corrected chi connectivity index (χ0v) is 11.6. The van der Waals surface area contributed by atoms with Gasteiger partial charge in [-0.25, -0.2) is 0 Å². The van der Waals surface area contributed by atoms with E-state index >= 15 is 0 Å². The maximum absolute atomic E-state index is 12.3. The minimum atomic E-state index is -0.967. The Hall–Kier alpha value is -1.96. The summed E-state index contributed by atoms with van der Waals surface area (Å²) in [4.78, 5) is 22.5. The molecule has 1 saturated heterocycles. The lowest BCUT2D eigenvalue weighted by Crippen LogP contribution is -2.52. The number of piperidine rings is 1. The van der Waals surface area contributed by atoms with Crippen LogP contribution in [0.25, 0.3) is 0 Å². The summed E-state index contributed by atoms with van der Waals surface area (Å²) in [6.07, 6.45) is 4.39. The molecule has 0 aliphatic carbocycles. The van der Waals surface area contributed by atoms with Gasteiger partial charge in [0.15, 0.2) is 0 Å². The van der Waals surface area contributed by atoms with Gasteiger partial charge in [0.1, 0.15) is 17.9 Å². The molecule has 0 bridgehead atoms. The van der Waals surface area contributed by atoms with Crippen molar-refractivity contribution in [1.82, 2.24) is 20.4 Å². The van der Waals surface area contributed by atoms with Gasteiger partial charge in [0, 0.05) is 12.6 Å². The van der Waals surface area contributed by atoms with Crippen molar-refractivity contribution in [3.8, 4) is 0 Å². The first-order valence-electron chi connectivity index (χ1n) is 6.62. The number of aromatic nitrogens is 2. The van der Waals surface area contributed by atoms with Gasteiger partial charge in [-0.05, 0) is 33.2 Å². The Morgan fingerprint density at radius 2 is 2.40 bits per heavy atom. The van der Waals surface area contributed by atoms with Crippen LogP contribution in [0, 0.1) is 10.1 Å². The third-order valence-electron chi connectivity index (χ3n) is 3.54. The predicted octanol–water partition coefficient (Wildman–Crippen LogP) is 0.395. The molecule has 8 heteroatoms. The van der Waals surface area contributed by atoms with E-state index in [1.54, 1.807) is 13.8 Å². The van der Waals surface area contributed by atoms with Crippen LogP contribution in [0.4, 0.5) is 5.69 Å². The maximum atomic E-state index is 12.3. The number of rotatable bonds is 4. The van der Waals surface area contributed by atoms with Crippen molar-refractivity contribution in [2.75, 3.05) is 13.1 Å². The van der Waals surface area contributed by atoms with Gasteiger partial charge in [-0.15, -0.1) is 0 Å². The first kappa shape index (κ1) is 14.4. The van der Waals surface area contributed by atoms with E-state index in [0.29, 0.717) is 0 Å². The van der Waals surface area contributed by atoms with Crippen LogP contribution in [0.15, 0.2) is 12.4 Å². The van der Waals surface area contributed by atoms with Crippen LogP contribution in [0.5, 0.6) is 0 Å². The van der Waals surface area contributed by atoms with Crippen molar-refractivity contribution in [3.05, 3.63) is 22.5 Å². The van der Waals surface area contributed by atoms with Gasteiger partial charge in [0.2, 0.25) is 5.91 Å². The van der Waals surface area contributed by atoms with Crippen LogP contribution in [-0.2, 0) is 10.3 Å². The zero-order valence-electron chi connectivity index (χ0n) is 11.6. The van der Waals surface area contributed by atoms with Gasteiger partial charge < -0.3 is 10.6 Å². The standard InChI is InChI=1S/C12H19N5O3/c1-12(2,16-8-10(7-14-16)17(19)20)11(18)15-9-4-3-5-13-6-9/h7-9,13H,3-6H2,1-2H3,(H,15,18). The molecule has 2 rings (SSSR count). The quantitative estimate of drug-likeness (QED) is 0.614. The molecule has 1 aliphatic heterocycles. The molecule has 0 aromatic carbocycles. The molecule has 110 valence electrons. The van der Waals surface area contributed by atoms with Crippen LogP contribution >= 0.6 is 0 Å². The molecule has 1 fully saturated rings. The van der Waals surface area contributed by atoms with Crippen molar-refractivity contribution in [2.45, 2.75) is 38.3 Å². The second-order valence-electron chi connectivity index (χ2n) is 5.48. The number of hydrogen-bond donors (Lipinski definition) is 2. The molecule has 1 aromatic heterocycles. The van der Waals surface area contributed by atoms with Crippen molar-refractivity contribution in [2.24, 2.45) is 0 Å². The van der Waals surface area contributed by atoms with Crippen molar-refractivity contribution in [3.63, 3.8) is 0 Å². The van der Waals surface area contributed by atoms with Crippen LogP contribution in [0.3, 0.4) is 0 Å². The summed E-state index contributed by atoms with van der Waals surface area (Å²) in [6.45, 7) is 5.10. The smallest absolute Gasteiger partial charge is 0.307 e. The van der Waals surface area contributed by atoms with E-state index in [-0.39, 0.29) is 17.6 Å². The van der Waals surface area contributed by atoms with Gasteiger partial charge in [-0.3, -0.25) is 19.6 Å². The second kappa shape index (κ2) is 5.58. The van der Waals surface area contributed by atoms with Crippen molar-refractivity contribution < 1.29 is 9.72 Å².